The molecule has 4 N–H and O–H groups in total. The molecule has 1 aliphatic carbocycles. The van der Waals surface area contributed by atoms with Crippen LogP contribution >= 0.6 is 0 Å². The molecule has 4 atom stereocenters. The molecule has 1 aliphatic rings. The Morgan fingerprint density at radius 3 is 2.43 bits per heavy atom. The number of nitrogens with one attached hydrogen (secondary N) is 2. The van der Waals surface area contributed by atoms with Gasteiger partial charge < -0.3 is 16.4 Å². The van der Waals surface area contributed by atoms with Gasteiger partial charge in [-0.05, 0) is 73.3 Å². The molecule has 202 valence electrons. The van der Waals surface area contributed by atoms with E-state index < -0.39 is 28.5 Å². The Kier molecular flexibility index (Phi) is 9.05. The molecule has 6 nitrogen and oxygen atoms in total. The molecule has 2 amide bonds. The fourth-order valence-corrected chi connectivity index (χ4v) is 5.58. The summed E-state index contributed by atoms with van der Waals surface area (Å²) in [6.45, 7) is 10.2. The molecule has 0 bridgehead atoms. The van der Waals surface area contributed by atoms with Crippen molar-refractivity contribution in [2.75, 3.05) is 11.9 Å². The monoisotopic (exact) mass is 514 g/mol. The van der Waals surface area contributed by atoms with Gasteiger partial charge in [-0.2, -0.15) is 0 Å². The van der Waals surface area contributed by atoms with Gasteiger partial charge in [0.15, 0.2) is 11.6 Å². The van der Waals surface area contributed by atoms with Crippen LogP contribution in [0.3, 0.4) is 0 Å². The minimum atomic E-state index is -0.920. The number of carbonyl (C=O) groups is 2. The van der Waals surface area contributed by atoms with E-state index in [0.717, 1.165) is 31.4 Å². The van der Waals surface area contributed by atoms with Crippen LogP contribution in [0.4, 0.5) is 14.5 Å². The maximum atomic E-state index is 13.8. The van der Waals surface area contributed by atoms with Crippen LogP contribution in [-0.2, 0) is 15.0 Å². The molecule has 8 heteroatoms. The largest absolute Gasteiger partial charge is 0.354 e. The maximum Gasteiger partial charge on any atom is 0.237 e. The van der Waals surface area contributed by atoms with E-state index >= 15 is 0 Å². The van der Waals surface area contributed by atoms with Crippen molar-refractivity contribution in [1.82, 2.24) is 10.3 Å². The number of amides is 2. The van der Waals surface area contributed by atoms with Crippen LogP contribution in [0, 0.1) is 34.8 Å². The van der Waals surface area contributed by atoms with Crippen molar-refractivity contribution in [3.63, 3.8) is 0 Å². The molecule has 3 rings (SSSR count). The Hall–Kier alpha value is -2.87. The number of nitrogens with zero attached hydrogens (tertiary/aromatic N) is 1. The van der Waals surface area contributed by atoms with Crippen LogP contribution in [-0.4, -0.2) is 29.4 Å². The molecule has 0 aliphatic heterocycles. The van der Waals surface area contributed by atoms with Crippen molar-refractivity contribution < 1.29 is 18.4 Å². The Morgan fingerprint density at radius 1 is 1.14 bits per heavy atom. The Bertz CT molecular complexity index is 1090. The SMILES string of the molecule is CC(C)CC1CC(C(N)C(=O)NCC(C)(C)c2ccc(F)c(F)c2)CC(C)(C(=O)Nc2ccncc2)C1. The molecule has 1 aromatic carbocycles. The standard InChI is InChI=1S/C29H40F2N4O2/c1-18(2)12-19-13-20(16-29(5,15-19)27(37)35-22-8-10-33-11-9-22)25(32)26(36)34-17-28(3,4)21-6-7-23(30)24(31)14-21/h6-11,14,18-20,25H,12-13,15-17,32H2,1-5H3,(H,34,36)(H,33,35,37). The van der Waals surface area contributed by atoms with Crippen LogP contribution in [0.25, 0.3) is 0 Å². The van der Waals surface area contributed by atoms with Crippen LogP contribution in [0.15, 0.2) is 42.7 Å². The fraction of sp³-hybridized carbons (Fsp3) is 0.552. The fourth-order valence-electron chi connectivity index (χ4n) is 5.58. The molecule has 0 saturated heterocycles. The van der Waals surface area contributed by atoms with E-state index in [1.165, 1.54) is 6.07 Å². The van der Waals surface area contributed by atoms with Gasteiger partial charge in [0.1, 0.15) is 0 Å². The Balaban J connectivity index is 1.71. The number of nitrogens with two attached hydrogens (primary N) is 1. The van der Waals surface area contributed by atoms with E-state index in [4.69, 9.17) is 5.73 Å². The molecule has 4 unspecified atom stereocenters. The molecule has 0 radical (unpaired) electrons. The molecule has 1 aromatic heterocycles. The van der Waals surface area contributed by atoms with Crippen LogP contribution < -0.4 is 16.4 Å². The van der Waals surface area contributed by atoms with Crippen LogP contribution in [0.5, 0.6) is 0 Å². The third-order valence-electron chi connectivity index (χ3n) is 7.60. The lowest BCUT2D eigenvalue weighted by atomic mass is 9.62. The zero-order valence-electron chi connectivity index (χ0n) is 22.5. The molecule has 0 spiro atoms. The predicted molar refractivity (Wildman–Crippen MR) is 142 cm³/mol. The van der Waals surface area contributed by atoms with Gasteiger partial charge in [-0.1, -0.05) is 40.7 Å². The highest BCUT2D eigenvalue weighted by Crippen LogP contribution is 2.46. The quantitative estimate of drug-likeness (QED) is 0.429. The third kappa shape index (κ3) is 7.34. The highest BCUT2D eigenvalue weighted by Gasteiger charge is 2.45. The second-order valence-corrected chi connectivity index (χ2v) is 11.9. The number of carbonyl (C=O) groups excluding carboxylic acids is 2. The van der Waals surface area contributed by atoms with Crippen molar-refractivity contribution in [3.8, 4) is 0 Å². The summed E-state index contributed by atoms with van der Waals surface area (Å²) in [6.07, 6.45) is 6.22. The first-order valence-electron chi connectivity index (χ1n) is 13.0. The molecule has 2 aromatic rings. The lowest BCUT2D eigenvalue weighted by Gasteiger charge is -2.43. The number of halogens is 2. The Labute approximate surface area is 218 Å². The van der Waals surface area contributed by atoms with Gasteiger partial charge in [0.25, 0.3) is 0 Å². The zero-order valence-corrected chi connectivity index (χ0v) is 22.5. The van der Waals surface area contributed by atoms with Crippen molar-refractivity contribution in [3.05, 3.63) is 59.9 Å². The van der Waals surface area contributed by atoms with Gasteiger partial charge in [-0.3, -0.25) is 14.6 Å². The first-order chi connectivity index (χ1) is 17.3. The summed E-state index contributed by atoms with van der Waals surface area (Å²) in [5.41, 5.74) is 6.47. The first-order valence-corrected chi connectivity index (χ1v) is 13.0. The first kappa shape index (κ1) is 28.7. The van der Waals surface area contributed by atoms with E-state index in [1.54, 1.807) is 24.5 Å². The van der Waals surface area contributed by atoms with Gasteiger partial charge >= 0.3 is 0 Å². The predicted octanol–water partition coefficient (Wildman–Crippen LogP) is 5.19. The summed E-state index contributed by atoms with van der Waals surface area (Å²) in [5, 5.41) is 5.93. The van der Waals surface area contributed by atoms with Crippen molar-refractivity contribution in [2.24, 2.45) is 28.9 Å². The smallest absolute Gasteiger partial charge is 0.237 e. The summed E-state index contributed by atoms with van der Waals surface area (Å²) in [5.74, 6) is -1.65. The van der Waals surface area contributed by atoms with E-state index in [0.29, 0.717) is 23.6 Å². The Morgan fingerprint density at radius 2 is 1.81 bits per heavy atom. The lowest BCUT2D eigenvalue weighted by molar-refractivity contribution is -0.131. The number of anilines is 1. The third-order valence-corrected chi connectivity index (χ3v) is 7.60. The van der Waals surface area contributed by atoms with Gasteiger partial charge in [-0.25, -0.2) is 8.78 Å². The van der Waals surface area contributed by atoms with Crippen molar-refractivity contribution >= 4 is 17.5 Å². The van der Waals surface area contributed by atoms with E-state index in [9.17, 15) is 18.4 Å². The molecule has 1 heterocycles. The summed E-state index contributed by atoms with van der Waals surface area (Å²) >= 11 is 0. The minimum Gasteiger partial charge on any atom is -0.354 e. The average molecular weight is 515 g/mol. The second kappa shape index (κ2) is 11.7. The number of pyridine rings is 1. The van der Waals surface area contributed by atoms with Crippen LogP contribution in [0.2, 0.25) is 0 Å². The highest BCUT2D eigenvalue weighted by molar-refractivity contribution is 5.95. The van der Waals surface area contributed by atoms with E-state index in [-0.39, 0.29) is 30.2 Å². The zero-order chi connectivity index (χ0) is 27.4. The normalized spacial score (nSPS) is 22.9. The maximum absolute atomic E-state index is 13.8. The van der Waals surface area contributed by atoms with Gasteiger partial charge in [0.2, 0.25) is 11.8 Å². The average Bonchev–Trinajstić information content (AvgIpc) is 2.83. The number of hydrogen-bond donors (Lipinski definition) is 3. The van der Waals surface area contributed by atoms with Crippen molar-refractivity contribution in [1.29, 1.82) is 0 Å². The van der Waals surface area contributed by atoms with Gasteiger partial charge in [-0.15, -0.1) is 0 Å². The molecule has 37 heavy (non-hydrogen) atoms. The molecule has 1 fully saturated rings. The molecular formula is C29H40F2N4O2. The number of benzene rings is 1. The number of aromatic nitrogens is 1. The molecular weight excluding hydrogens is 474 g/mol. The van der Waals surface area contributed by atoms with E-state index in [1.807, 2.05) is 20.8 Å². The minimum absolute atomic E-state index is 0.0794. The topological polar surface area (TPSA) is 97.1 Å². The molecule has 1 saturated carbocycles. The second-order valence-electron chi connectivity index (χ2n) is 11.9. The van der Waals surface area contributed by atoms with Crippen molar-refractivity contribution in [2.45, 2.75) is 71.8 Å². The van der Waals surface area contributed by atoms with E-state index in [2.05, 4.69) is 29.5 Å². The van der Waals surface area contributed by atoms with Gasteiger partial charge in [0.05, 0.1) is 6.04 Å². The summed E-state index contributed by atoms with van der Waals surface area (Å²) < 4.78 is 27.1. The number of hydrogen-bond acceptors (Lipinski definition) is 4. The van der Waals surface area contributed by atoms with Gasteiger partial charge in [0, 0.05) is 35.5 Å². The van der Waals surface area contributed by atoms with Crippen LogP contribution in [0.1, 0.15) is 65.9 Å². The summed E-state index contributed by atoms with van der Waals surface area (Å²) in [7, 11) is 0. The lowest BCUT2D eigenvalue weighted by Crippen LogP contribution is -2.52. The summed E-state index contributed by atoms with van der Waals surface area (Å²) in [4.78, 5) is 30.6. The highest BCUT2D eigenvalue weighted by atomic mass is 19.2. The number of rotatable bonds is 9. The summed E-state index contributed by atoms with van der Waals surface area (Å²) in [6, 6.07) is 6.49.